The molecule has 2 aliphatic rings. The average molecular weight is 549 g/mol. The Kier molecular flexibility index (Phi) is 8.42. The van der Waals surface area contributed by atoms with Crippen molar-refractivity contribution < 1.29 is 13.9 Å². The van der Waals surface area contributed by atoms with Crippen LogP contribution < -0.4 is 15.0 Å². The number of fused-ring (bicyclic) bond motifs is 2. The molecule has 1 fully saturated rings. The second kappa shape index (κ2) is 12.0. The molecule has 0 radical (unpaired) electrons. The number of ether oxygens (including phenoxy) is 1. The first-order valence-electron chi connectivity index (χ1n) is 14.2. The van der Waals surface area contributed by atoms with Crippen LogP contribution in [0.3, 0.4) is 0 Å². The maximum absolute atomic E-state index is 15.2. The summed E-state index contributed by atoms with van der Waals surface area (Å²) >= 11 is 0. The number of hydrogen-bond acceptors (Lipinski definition) is 6. The van der Waals surface area contributed by atoms with Crippen molar-refractivity contribution in [1.82, 2.24) is 19.6 Å². The molecule has 1 aromatic heterocycles. The number of para-hydroxylation sites is 2. The molecule has 0 saturated carbocycles. The van der Waals surface area contributed by atoms with E-state index in [1.165, 1.54) is 18.6 Å². The molecule has 1 saturated heterocycles. The standard InChI is InChI=1S/C31H41FN6O2/c1-31(2,3)12-14-37-17-15-36(16-18-37)13-7-19-40-24-10-11-25(26(32)20-24)30(39)38-22-23-21-33-35(4)29(23)34-27-8-5-6-9-28(27)38/h5-6,8-11,20-21,34H,7,12-19,22H2,1-4H3. The van der Waals surface area contributed by atoms with Crippen LogP contribution in [0.25, 0.3) is 0 Å². The van der Waals surface area contributed by atoms with Gasteiger partial charge in [-0.05, 0) is 49.1 Å². The lowest BCUT2D eigenvalue weighted by Crippen LogP contribution is -2.47. The smallest absolute Gasteiger partial charge is 0.261 e. The molecule has 0 bridgehead atoms. The van der Waals surface area contributed by atoms with E-state index in [0.29, 0.717) is 23.5 Å². The van der Waals surface area contributed by atoms with E-state index in [9.17, 15) is 4.79 Å². The summed E-state index contributed by atoms with van der Waals surface area (Å²) in [7, 11) is 1.85. The summed E-state index contributed by atoms with van der Waals surface area (Å²) in [6, 6.07) is 12.1. The van der Waals surface area contributed by atoms with Gasteiger partial charge in [0.25, 0.3) is 5.91 Å². The van der Waals surface area contributed by atoms with E-state index in [2.05, 4.69) is 41.0 Å². The fourth-order valence-electron chi connectivity index (χ4n) is 5.25. The van der Waals surface area contributed by atoms with E-state index in [1.54, 1.807) is 21.8 Å². The number of halogens is 1. The van der Waals surface area contributed by atoms with Crippen LogP contribution in [-0.4, -0.2) is 71.4 Å². The molecule has 2 aromatic carbocycles. The summed E-state index contributed by atoms with van der Waals surface area (Å²) in [4.78, 5) is 20.2. The van der Waals surface area contributed by atoms with Gasteiger partial charge in [0.2, 0.25) is 0 Å². The molecule has 1 N–H and O–H groups in total. The molecule has 214 valence electrons. The van der Waals surface area contributed by atoms with Gasteiger partial charge in [-0.25, -0.2) is 4.39 Å². The van der Waals surface area contributed by atoms with Crippen molar-refractivity contribution in [1.29, 1.82) is 0 Å². The minimum Gasteiger partial charge on any atom is -0.493 e. The lowest BCUT2D eigenvalue weighted by molar-refractivity contribution is 0.0981. The molecule has 5 rings (SSSR count). The molecule has 8 nitrogen and oxygen atoms in total. The first-order chi connectivity index (χ1) is 19.2. The summed E-state index contributed by atoms with van der Waals surface area (Å²) in [6.07, 6.45) is 3.82. The summed E-state index contributed by atoms with van der Waals surface area (Å²) in [6.45, 7) is 14.2. The van der Waals surface area contributed by atoms with E-state index in [0.717, 1.165) is 62.8 Å². The number of piperazine rings is 1. The zero-order chi connectivity index (χ0) is 28.3. The number of carbonyl (C=O) groups excluding carboxylic acids is 1. The van der Waals surface area contributed by atoms with Gasteiger partial charge in [-0.2, -0.15) is 5.10 Å². The number of rotatable bonds is 8. The first-order valence-corrected chi connectivity index (χ1v) is 14.2. The molecule has 3 heterocycles. The van der Waals surface area contributed by atoms with Crippen LogP contribution in [0.4, 0.5) is 21.6 Å². The molecule has 0 spiro atoms. The second-order valence-corrected chi connectivity index (χ2v) is 12.0. The number of benzene rings is 2. The number of carbonyl (C=O) groups is 1. The third kappa shape index (κ3) is 6.64. The van der Waals surface area contributed by atoms with Crippen molar-refractivity contribution >= 4 is 23.1 Å². The first kappa shape index (κ1) is 28.1. The molecule has 0 unspecified atom stereocenters. The molecule has 0 atom stereocenters. The summed E-state index contributed by atoms with van der Waals surface area (Å²) in [5.41, 5.74) is 2.71. The van der Waals surface area contributed by atoms with Gasteiger partial charge >= 0.3 is 0 Å². The van der Waals surface area contributed by atoms with Crippen molar-refractivity contribution in [3.8, 4) is 5.75 Å². The van der Waals surface area contributed by atoms with Crippen molar-refractivity contribution in [3.63, 3.8) is 0 Å². The van der Waals surface area contributed by atoms with Crippen LogP contribution in [0.2, 0.25) is 0 Å². The van der Waals surface area contributed by atoms with Gasteiger partial charge < -0.3 is 24.8 Å². The molecular weight excluding hydrogens is 507 g/mol. The van der Waals surface area contributed by atoms with Gasteiger partial charge in [-0.3, -0.25) is 9.48 Å². The maximum Gasteiger partial charge on any atom is 0.261 e. The number of aryl methyl sites for hydroxylation is 1. The molecule has 3 aromatic rings. The third-order valence-corrected chi connectivity index (χ3v) is 7.74. The van der Waals surface area contributed by atoms with E-state index < -0.39 is 11.7 Å². The van der Waals surface area contributed by atoms with Crippen molar-refractivity contribution in [2.24, 2.45) is 12.5 Å². The number of hydrogen-bond donors (Lipinski definition) is 1. The van der Waals surface area contributed by atoms with Crippen LogP contribution in [0.5, 0.6) is 5.75 Å². The Morgan fingerprint density at radius 3 is 2.50 bits per heavy atom. The highest BCUT2D eigenvalue weighted by atomic mass is 19.1. The predicted molar refractivity (Wildman–Crippen MR) is 157 cm³/mol. The third-order valence-electron chi connectivity index (χ3n) is 7.74. The highest BCUT2D eigenvalue weighted by molar-refractivity contribution is 6.08. The van der Waals surface area contributed by atoms with Gasteiger partial charge in [0.1, 0.15) is 17.4 Å². The number of aromatic nitrogens is 2. The number of amides is 1. The molecule has 1 amide bonds. The summed E-state index contributed by atoms with van der Waals surface area (Å²) < 4.78 is 22.8. The van der Waals surface area contributed by atoms with Crippen LogP contribution in [0.15, 0.2) is 48.7 Å². The normalized spacial score (nSPS) is 16.2. The number of nitrogens with one attached hydrogen (secondary N) is 1. The Morgan fingerprint density at radius 2 is 1.77 bits per heavy atom. The maximum atomic E-state index is 15.2. The Bertz CT molecular complexity index is 1330. The molecule has 0 aliphatic carbocycles. The Labute approximate surface area is 236 Å². The van der Waals surface area contributed by atoms with E-state index in [-0.39, 0.29) is 12.1 Å². The van der Waals surface area contributed by atoms with Gasteiger partial charge in [-0.1, -0.05) is 32.9 Å². The van der Waals surface area contributed by atoms with Gasteiger partial charge in [-0.15, -0.1) is 0 Å². The highest BCUT2D eigenvalue weighted by Gasteiger charge is 2.28. The van der Waals surface area contributed by atoms with E-state index in [4.69, 9.17) is 4.74 Å². The quantitative estimate of drug-likeness (QED) is 0.386. The minimum atomic E-state index is -0.588. The number of nitrogens with zero attached hydrogens (tertiary/aromatic N) is 5. The van der Waals surface area contributed by atoms with Gasteiger partial charge in [0, 0.05) is 51.4 Å². The molecule has 40 heavy (non-hydrogen) atoms. The fraction of sp³-hybridized carbons (Fsp3) is 0.484. The topological polar surface area (TPSA) is 65.9 Å². The van der Waals surface area contributed by atoms with Gasteiger partial charge in [0.05, 0.1) is 36.3 Å². The molecular formula is C31H41FN6O2. The number of anilines is 3. The van der Waals surface area contributed by atoms with Crippen molar-refractivity contribution in [2.75, 3.05) is 56.1 Å². The highest BCUT2D eigenvalue weighted by Crippen LogP contribution is 2.36. The molecule has 9 heteroatoms. The zero-order valence-electron chi connectivity index (χ0n) is 24.1. The predicted octanol–water partition coefficient (Wildman–Crippen LogP) is 5.29. The summed E-state index contributed by atoms with van der Waals surface area (Å²) in [5.74, 6) is 0.259. The van der Waals surface area contributed by atoms with Crippen LogP contribution in [-0.2, 0) is 13.6 Å². The average Bonchev–Trinajstić information content (AvgIpc) is 3.17. The lowest BCUT2D eigenvalue weighted by Gasteiger charge is -2.35. The SMILES string of the molecule is Cn1ncc2c1Nc1ccccc1N(C(=O)c1ccc(OCCCN3CCN(CCC(C)(C)C)CC3)cc1F)C2. The second-order valence-electron chi connectivity index (χ2n) is 12.0. The largest absolute Gasteiger partial charge is 0.493 e. The Morgan fingerprint density at radius 1 is 1.05 bits per heavy atom. The monoisotopic (exact) mass is 548 g/mol. The lowest BCUT2D eigenvalue weighted by atomic mass is 9.92. The Balaban J connectivity index is 1.14. The fourth-order valence-corrected chi connectivity index (χ4v) is 5.25. The van der Waals surface area contributed by atoms with Crippen molar-refractivity contribution in [3.05, 3.63) is 65.6 Å². The van der Waals surface area contributed by atoms with Crippen LogP contribution >= 0.6 is 0 Å². The van der Waals surface area contributed by atoms with E-state index >= 15 is 4.39 Å². The van der Waals surface area contributed by atoms with E-state index in [1.807, 2.05) is 31.3 Å². The summed E-state index contributed by atoms with van der Waals surface area (Å²) in [5, 5.41) is 7.68. The molecule has 2 aliphatic heterocycles. The minimum absolute atomic E-state index is 0.0128. The van der Waals surface area contributed by atoms with Gasteiger partial charge in [0.15, 0.2) is 0 Å². The Hall–Kier alpha value is -3.43. The van der Waals surface area contributed by atoms with Crippen molar-refractivity contribution in [2.45, 2.75) is 40.2 Å². The van der Waals surface area contributed by atoms with Crippen LogP contribution in [0.1, 0.15) is 49.5 Å². The van der Waals surface area contributed by atoms with Crippen LogP contribution in [0, 0.1) is 11.2 Å². The zero-order valence-corrected chi connectivity index (χ0v) is 24.1.